The van der Waals surface area contributed by atoms with Crippen molar-refractivity contribution in [1.82, 2.24) is 14.8 Å². The number of ether oxygens (including phenoxy) is 1. The third kappa shape index (κ3) is 3.79. The molecule has 1 unspecified atom stereocenters. The summed E-state index contributed by atoms with van der Waals surface area (Å²) in [5.41, 5.74) is 2.19. The van der Waals surface area contributed by atoms with Crippen LogP contribution in [0.3, 0.4) is 0 Å². The van der Waals surface area contributed by atoms with Gasteiger partial charge in [0, 0.05) is 55.1 Å². The summed E-state index contributed by atoms with van der Waals surface area (Å²) in [4.78, 5) is 21.7. The number of pyridine rings is 1. The van der Waals surface area contributed by atoms with Crippen LogP contribution in [0, 0.1) is 11.2 Å². The molecule has 2 aliphatic heterocycles. The van der Waals surface area contributed by atoms with E-state index in [0.717, 1.165) is 12.8 Å². The maximum Gasteiger partial charge on any atom is 0.253 e. The highest BCUT2D eigenvalue weighted by molar-refractivity contribution is 5.94. The Bertz CT molecular complexity index is 953. The standard InChI is InChI=1S/C26H32FN3O2/c1-32-23-6-5-20(17-22(23)27)25(31)29-15-9-21(10-16-29)30-18-26(11-3-2-4-12-26)24(30)19-7-13-28-14-8-19/h5-8,13-14,17,21,24H,2-4,9-12,15-16,18H2,1H3. The van der Waals surface area contributed by atoms with E-state index in [2.05, 4.69) is 22.0 Å². The summed E-state index contributed by atoms with van der Waals surface area (Å²) < 4.78 is 19.0. The predicted octanol–water partition coefficient (Wildman–Crippen LogP) is 4.84. The lowest BCUT2D eigenvalue weighted by Gasteiger charge is -2.63. The molecule has 1 amide bonds. The van der Waals surface area contributed by atoms with E-state index >= 15 is 0 Å². The zero-order valence-corrected chi connectivity index (χ0v) is 18.8. The molecule has 1 spiro atoms. The van der Waals surface area contributed by atoms with E-state index in [-0.39, 0.29) is 11.7 Å². The molecule has 3 heterocycles. The van der Waals surface area contributed by atoms with Gasteiger partial charge in [-0.25, -0.2) is 4.39 Å². The van der Waals surface area contributed by atoms with Crippen LogP contribution in [0.4, 0.5) is 4.39 Å². The number of carbonyl (C=O) groups is 1. The molecular formula is C26H32FN3O2. The number of benzene rings is 1. The largest absolute Gasteiger partial charge is 0.494 e. The number of aromatic nitrogens is 1. The first kappa shape index (κ1) is 21.4. The number of carbonyl (C=O) groups excluding carboxylic acids is 1. The molecular weight excluding hydrogens is 405 g/mol. The van der Waals surface area contributed by atoms with Crippen LogP contribution in [0.5, 0.6) is 5.75 Å². The van der Waals surface area contributed by atoms with Gasteiger partial charge in [-0.05, 0) is 61.6 Å². The first-order valence-corrected chi connectivity index (χ1v) is 11.9. The molecule has 3 aliphatic rings. The molecule has 2 saturated heterocycles. The van der Waals surface area contributed by atoms with E-state index in [9.17, 15) is 9.18 Å². The number of nitrogens with zero attached hydrogens (tertiary/aromatic N) is 3. The first-order chi connectivity index (χ1) is 15.6. The van der Waals surface area contributed by atoms with Gasteiger partial charge in [0.15, 0.2) is 11.6 Å². The minimum Gasteiger partial charge on any atom is -0.494 e. The molecule has 2 aromatic rings. The van der Waals surface area contributed by atoms with Crippen LogP contribution in [0.1, 0.15) is 66.9 Å². The Morgan fingerprint density at radius 2 is 1.81 bits per heavy atom. The van der Waals surface area contributed by atoms with Gasteiger partial charge in [-0.1, -0.05) is 19.3 Å². The molecule has 0 N–H and O–H groups in total. The summed E-state index contributed by atoms with van der Waals surface area (Å²) in [6, 6.07) is 9.78. The van der Waals surface area contributed by atoms with Gasteiger partial charge in [0.1, 0.15) is 0 Å². The first-order valence-electron chi connectivity index (χ1n) is 11.9. The van der Waals surface area contributed by atoms with Crippen molar-refractivity contribution in [2.24, 2.45) is 5.41 Å². The number of piperidine rings is 1. The van der Waals surface area contributed by atoms with Crippen molar-refractivity contribution in [1.29, 1.82) is 0 Å². The number of rotatable bonds is 4. The number of hydrogen-bond acceptors (Lipinski definition) is 4. The summed E-state index contributed by atoms with van der Waals surface area (Å²) >= 11 is 0. The molecule has 170 valence electrons. The lowest BCUT2D eigenvalue weighted by atomic mass is 9.60. The van der Waals surface area contributed by atoms with Gasteiger partial charge in [0.25, 0.3) is 5.91 Å². The number of methoxy groups -OCH3 is 1. The summed E-state index contributed by atoms with van der Waals surface area (Å²) in [5, 5.41) is 0. The molecule has 1 aromatic heterocycles. The van der Waals surface area contributed by atoms with Crippen LogP contribution in [-0.2, 0) is 0 Å². The minimum absolute atomic E-state index is 0.0944. The molecule has 32 heavy (non-hydrogen) atoms. The Labute approximate surface area is 189 Å². The van der Waals surface area contributed by atoms with Crippen molar-refractivity contribution in [3.63, 3.8) is 0 Å². The van der Waals surface area contributed by atoms with Crippen molar-refractivity contribution >= 4 is 5.91 Å². The maximum atomic E-state index is 14.1. The van der Waals surface area contributed by atoms with E-state index in [1.165, 1.54) is 63.5 Å². The van der Waals surface area contributed by atoms with Crippen molar-refractivity contribution < 1.29 is 13.9 Å². The number of likely N-dealkylation sites (tertiary alicyclic amines) is 2. The smallest absolute Gasteiger partial charge is 0.253 e. The summed E-state index contributed by atoms with van der Waals surface area (Å²) in [6.45, 7) is 2.59. The Hall–Kier alpha value is -2.47. The summed E-state index contributed by atoms with van der Waals surface area (Å²) in [5.74, 6) is -0.424. The highest BCUT2D eigenvalue weighted by Crippen LogP contribution is 2.58. The normalized spacial score (nSPS) is 23.7. The van der Waals surface area contributed by atoms with E-state index < -0.39 is 5.82 Å². The van der Waals surface area contributed by atoms with E-state index in [4.69, 9.17) is 4.74 Å². The lowest BCUT2D eigenvalue weighted by Crippen LogP contribution is -2.63. The van der Waals surface area contributed by atoms with Crippen molar-refractivity contribution in [2.75, 3.05) is 26.7 Å². The molecule has 5 rings (SSSR count). The second kappa shape index (κ2) is 8.81. The van der Waals surface area contributed by atoms with Gasteiger partial charge < -0.3 is 9.64 Å². The average Bonchev–Trinajstić information content (AvgIpc) is 2.83. The van der Waals surface area contributed by atoms with E-state index in [1.807, 2.05) is 17.3 Å². The van der Waals surface area contributed by atoms with Crippen LogP contribution >= 0.6 is 0 Å². The third-order valence-corrected chi connectivity index (χ3v) is 7.90. The zero-order valence-electron chi connectivity index (χ0n) is 18.8. The molecule has 3 fully saturated rings. The van der Waals surface area contributed by atoms with Crippen molar-refractivity contribution in [3.8, 4) is 5.75 Å². The molecule has 1 aliphatic carbocycles. The Balaban J connectivity index is 1.26. The second-order valence-electron chi connectivity index (χ2n) is 9.65. The molecule has 5 nitrogen and oxygen atoms in total. The van der Waals surface area contributed by atoms with E-state index in [1.54, 1.807) is 6.07 Å². The Morgan fingerprint density at radius 3 is 2.47 bits per heavy atom. The molecule has 0 bridgehead atoms. The summed E-state index contributed by atoms with van der Waals surface area (Å²) in [6.07, 6.45) is 12.4. The van der Waals surface area contributed by atoms with Crippen molar-refractivity contribution in [3.05, 3.63) is 59.7 Å². The molecule has 1 atom stereocenters. The van der Waals surface area contributed by atoms with E-state index in [0.29, 0.717) is 36.2 Å². The maximum absolute atomic E-state index is 14.1. The summed E-state index contributed by atoms with van der Waals surface area (Å²) in [7, 11) is 1.43. The van der Waals surface area contributed by atoms with Crippen LogP contribution in [0.2, 0.25) is 0 Å². The fraction of sp³-hybridized carbons (Fsp3) is 0.538. The van der Waals surface area contributed by atoms with Crippen molar-refractivity contribution in [2.45, 2.75) is 57.0 Å². The number of halogens is 1. The molecule has 0 radical (unpaired) electrons. The quantitative estimate of drug-likeness (QED) is 0.687. The van der Waals surface area contributed by atoms with Crippen LogP contribution in [0.25, 0.3) is 0 Å². The lowest BCUT2D eigenvalue weighted by molar-refractivity contribution is -0.132. The van der Waals surface area contributed by atoms with Gasteiger partial charge in [0.2, 0.25) is 0 Å². The Morgan fingerprint density at radius 1 is 1.09 bits per heavy atom. The molecule has 1 aromatic carbocycles. The van der Waals surface area contributed by atoms with Crippen LogP contribution in [-0.4, -0.2) is 53.5 Å². The molecule has 6 heteroatoms. The SMILES string of the molecule is COc1ccc(C(=O)N2CCC(N3CC4(CCCCC4)C3c3ccncc3)CC2)cc1F. The zero-order chi connectivity index (χ0) is 22.1. The van der Waals surface area contributed by atoms with Crippen LogP contribution in [0.15, 0.2) is 42.7 Å². The second-order valence-corrected chi connectivity index (χ2v) is 9.65. The number of hydrogen-bond donors (Lipinski definition) is 0. The van der Waals surface area contributed by atoms with Gasteiger partial charge in [-0.3, -0.25) is 14.7 Å². The average molecular weight is 438 g/mol. The topological polar surface area (TPSA) is 45.7 Å². The highest BCUT2D eigenvalue weighted by Gasteiger charge is 2.55. The molecule has 1 saturated carbocycles. The third-order valence-electron chi connectivity index (χ3n) is 7.90. The van der Waals surface area contributed by atoms with Gasteiger partial charge in [0.05, 0.1) is 7.11 Å². The number of amides is 1. The fourth-order valence-corrected chi connectivity index (χ4v) is 6.28. The predicted molar refractivity (Wildman–Crippen MR) is 121 cm³/mol. The van der Waals surface area contributed by atoms with Gasteiger partial charge >= 0.3 is 0 Å². The highest BCUT2D eigenvalue weighted by atomic mass is 19.1. The van der Waals surface area contributed by atoms with Crippen LogP contribution < -0.4 is 4.74 Å². The minimum atomic E-state index is -0.494. The van der Waals surface area contributed by atoms with Gasteiger partial charge in [-0.15, -0.1) is 0 Å². The monoisotopic (exact) mass is 437 g/mol. The fourth-order valence-electron chi connectivity index (χ4n) is 6.28. The van der Waals surface area contributed by atoms with Gasteiger partial charge in [-0.2, -0.15) is 0 Å². The Kier molecular flexibility index (Phi) is 5.89.